The van der Waals surface area contributed by atoms with Crippen LogP contribution in [0.1, 0.15) is 17.5 Å². The van der Waals surface area contributed by atoms with Gasteiger partial charge in [0.25, 0.3) is 10.0 Å². The Bertz CT molecular complexity index is 943. The molecular weight excluding hydrogens is 394 g/mol. The zero-order chi connectivity index (χ0) is 19.7. The number of carbonyl (C=O) groups is 1. The number of nitrogens with zero attached hydrogens (tertiary/aromatic N) is 3. The van der Waals surface area contributed by atoms with Gasteiger partial charge in [0.1, 0.15) is 4.21 Å². The molecule has 0 N–H and O–H groups in total. The minimum absolute atomic E-state index is 0.114. The summed E-state index contributed by atoms with van der Waals surface area (Å²) in [5.74, 6) is 0.114. The van der Waals surface area contributed by atoms with Crippen molar-refractivity contribution in [2.45, 2.75) is 30.1 Å². The molecule has 0 aliphatic carbocycles. The van der Waals surface area contributed by atoms with Crippen LogP contribution in [0.25, 0.3) is 0 Å². The Kier molecular flexibility index (Phi) is 5.55. The number of aryl methyl sites for hydroxylation is 1. The van der Waals surface area contributed by atoms with Crippen molar-refractivity contribution in [3.8, 4) is 0 Å². The topological polar surface area (TPSA) is 60.9 Å². The SMILES string of the molecule is Cc1cccc(CN2CCN3CCN(S(=O)(=O)c4cccs4)CCC3C2=O)c1. The van der Waals surface area contributed by atoms with Gasteiger partial charge in [-0.05, 0) is 30.4 Å². The Labute approximate surface area is 170 Å². The van der Waals surface area contributed by atoms with Crippen molar-refractivity contribution >= 4 is 27.3 Å². The molecule has 3 heterocycles. The zero-order valence-electron chi connectivity index (χ0n) is 16.0. The van der Waals surface area contributed by atoms with E-state index in [1.807, 2.05) is 11.0 Å². The Morgan fingerprint density at radius 2 is 1.89 bits per heavy atom. The molecule has 0 radical (unpaired) electrons. The van der Waals surface area contributed by atoms with Crippen molar-refractivity contribution in [3.05, 3.63) is 52.9 Å². The molecule has 1 aromatic carbocycles. The predicted molar refractivity (Wildman–Crippen MR) is 110 cm³/mol. The first-order valence-electron chi connectivity index (χ1n) is 9.57. The smallest absolute Gasteiger partial charge is 0.252 e. The molecular formula is C20H25N3O3S2. The van der Waals surface area contributed by atoms with Crippen LogP contribution in [0.15, 0.2) is 46.0 Å². The predicted octanol–water partition coefficient (Wildman–Crippen LogP) is 2.16. The Hall–Kier alpha value is -1.74. The summed E-state index contributed by atoms with van der Waals surface area (Å²) in [6, 6.07) is 11.4. The Morgan fingerprint density at radius 3 is 2.64 bits per heavy atom. The van der Waals surface area contributed by atoms with E-state index in [2.05, 4.69) is 30.0 Å². The maximum absolute atomic E-state index is 13.1. The van der Waals surface area contributed by atoms with Crippen LogP contribution >= 0.6 is 11.3 Å². The molecule has 2 saturated heterocycles. The number of amides is 1. The molecule has 28 heavy (non-hydrogen) atoms. The molecule has 2 aliphatic heterocycles. The van der Waals surface area contributed by atoms with Crippen LogP contribution in [0.4, 0.5) is 0 Å². The van der Waals surface area contributed by atoms with E-state index >= 15 is 0 Å². The van der Waals surface area contributed by atoms with E-state index < -0.39 is 10.0 Å². The maximum Gasteiger partial charge on any atom is 0.252 e. The van der Waals surface area contributed by atoms with Crippen molar-refractivity contribution in [3.63, 3.8) is 0 Å². The lowest BCUT2D eigenvalue weighted by atomic mass is 10.1. The molecule has 0 bridgehead atoms. The summed E-state index contributed by atoms with van der Waals surface area (Å²) >= 11 is 1.24. The molecule has 1 unspecified atom stereocenters. The molecule has 2 aliphatic rings. The van der Waals surface area contributed by atoms with Gasteiger partial charge < -0.3 is 4.90 Å². The van der Waals surface area contributed by atoms with Gasteiger partial charge in [-0.2, -0.15) is 4.31 Å². The number of sulfonamides is 1. The highest BCUT2D eigenvalue weighted by Crippen LogP contribution is 2.25. The molecule has 0 saturated carbocycles. The number of rotatable bonds is 4. The lowest BCUT2D eigenvalue weighted by molar-refractivity contribution is -0.142. The fourth-order valence-corrected chi connectivity index (χ4v) is 6.63. The van der Waals surface area contributed by atoms with Crippen LogP contribution in [-0.2, 0) is 21.4 Å². The molecule has 8 heteroatoms. The van der Waals surface area contributed by atoms with Crippen molar-refractivity contribution in [2.24, 2.45) is 0 Å². The number of hydrogen-bond acceptors (Lipinski definition) is 5. The van der Waals surface area contributed by atoms with Gasteiger partial charge in [-0.15, -0.1) is 11.3 Å². The van der Waals surface area contributed by atoms with E-state index in [9.17, 15) is 13.2 Å². The Morgan fingerprint density at radius 1 is 1.07 bits per heavy atom. The third-order valence-electron chi connectivity index (χ3n) is 5.53. The van der Waals surface area contributed by atoms with Gasteiger partial charge in [-0.25, -0.2) is 8.42 Å². The van der Waals surface area contributed by atoms with Crippen LogP contribution < -0.4 is 0 Å². The van der Waals surface area contributed by atoms with Gasteiger partial charge >= 0.3 is 0 Å². The van der Waals surface area contributed by atoms with Crippen LogP contribution in [0, 0.1) is 6.92 Å². The molecule has 4 rings (SSSR count). The van der Waals surface area contributed by atoms with Gasteiger partial charge in [0.05, 0.1) is 6.04 Å². The molecule has 150 valence electrons. The first-order chi connectivity index (χ1) is 13.4. The summed E-state index contributed by atoms with van der Waals surface area (Å²) in [5.41, 5.74) is 2.32. The first kappa shape index (κ1) is 19.6. The van der Waals surface area contributed by atoms with Gasteiger partial charge in [0, 0.05) is 39.3 Å². The lowest BCUT2D eigenvalue weighted by Gasteiger charge is -2.39. The third kappa shape index (κ3) is 3.87. The van der Waals surface area contributed by atoms with Gasteiger partial charge in [-0.1, -0.05) is 35.9 Å². The minimum Gasteiger partial charge on any atom is -0.336 e. The normalized spacial score (nSPS) is 22.1. The van der Waals surface area contributed by atoms with Crippen LogP contribution in [0.3, 0.4) is 0 Å². The molecule has 6 nitrogen and oxygen atoms in total. The molecule has 1 amide bonds. The summed E-state index contributed by atoms with van der Waals surface area (Å²) in [6.45, 7) is 5.54. The van der Waals surface area contributed by atoms with Gasteiger partial charge in [-0.3, -0.25) is 9.69 Å². The summed E-state index contributed by atoms with van der Waals surface area (Å²) in [5, 5.41) is 1.78. The molecule has 1 atom stereocenters. The summed E-state index contributed by atoms with van der Waals surface area (Å²) in [6.07, 6.45) is 0.535. The summed E-state index contributed by atoms with van der Waals surface area (Å²) in [7, 11) is -3.47. The number of carbonyl (C=O) groups excluding carboxylic acids is 1. The first-order valence-corrected chi connectivity index (χ1v) is 11.9. The summed E-state index contributed by atoms with van der Waals surface area (Å²) in [4.78, 5) is 17.2. The van der Waals surface area contributed by atoms with Gasteiger partial charge in [0.15, 0.2) is 0 Å². The average molecular weight is 420 g/mol. The van der Waals surface area contributed by atoms with E-state index in [1.54, 1.807) is 17.5 Å². The van der Waals surface area contributed by atoms with Crippen molar-refractivity contribution in [1.82, 2.24) is 14.1 Å². The maximum atomic E-state index is 13.1. The third-order valence-corrected chi connectivity index (χ3v) is 8.80. The number of benzene rings is 1. The van der Waals surface area contributed by atoms with Crippen molar-refractivity contribution in [2.75, 3.05) is 32.7 Å². The Balaban J connectivity index is 1.46. The van der Waals surface area contributed by atoms with E-state index in [4.69, 9.17) is 0 Å². The highest BCUT2D eigenvalue weighted by Gasteiger charge is 2.38. The van der Waals surface area contributed by atoms with E-state index in [0.717, 1.165) is 12.1 Å². The highest BCUT2D eigenvalue weighted by molar-refractivity contribution is 7.91. The van der Waals surface area contributed by atoms with Crippen LogP contribution in [0.2, 0.25) is 0 Å². The molecule has 1 aromatic heterocycles. The monoisotopic (exact) mass is 419 g/mol. The second-order valence-electron chi connectivity index (χ2n) is 7.43. The number of piperazine rings is 1. The fourth-order valence-electron chi connectivity index (χ4n) is 4.04. The highest BCUT2D eigenvalue weighted by atomic mass is 32.2. The standard InChI is InChI=1S/C20H25N3O3S2/c1-16-4-2-5-17(14-16)15-22-10-9-21-11-12-23(8-7-18(21)20(22)24)28(25,26)19-6-3-13-27-19/h2-6,13-14,18H,7-12,15H2,1H3. The molecule has 2 fully saturated rings. The second-order valence-corrected chi connectivity index (χ2v) is 10.5. The second kappa shape index (κ2) is 7.94. The largest absolute Gasteiger partial charge is 0.336 e. The average Bonchev–Trinajstić information content (AvgIpc) is 3.12. The number of hydrogen-bond donors (Lipinski definition) is 0. The zero-order valence-corrected chi connectivity index (χ0v) is 17.6. The minimum atomic E-state index is -3.47. The van der Waals surface area contributed by atoms with Crippen molar-refractivity contribution in [1.29, 1.82) is 0 Å². The fraction of sp³-hybridized carbons (Fsp3) is 0.450. The van der Waals surface area contributed by atoms with Crippen LogP contribution in [0.5, 0.6) is 0 Å². The quantitative estimate of drug-likeness (QED) is 0.762. The summed E-state index contributed by atoms with van der Waals surface area (Å²) < 4.78 is 27.6. The molecule has 0 spiro atoms. The van der Waals surface area contributed by atoms with Gasteiger partial charge in [0.2, 0.25) is 5.91 Å². The number of thiophene rings is 1. The van der Waals surface area contributed by atoms with Crippen molar-refractivity contribution < 1.29 is 13.2 Å². The van der Waals surface area contributed by atoms with E-state index in [-0.39, 0.29) is 11.9 Å². The number of fused-ring (bicyclic) bond motifs is 1. The molecule has 2 aromatic rings. The van der Waals surface area contributed by atoms with E-state index in [0.29, 0.717) is 43.4 Å². The lowest BCUT2D eigenvalue weighted by Crippen LogP contribution is -2.56. The van der Waals surface area contributed by atoms with E-state index in [1.165, 1.54) is 21.2 Å². The van der Waals surface area contributed by atoms with Crippen LogP contribution in [-0.4, -0.2) is 67.2 Å².